The molecule has 0 aliphatic heterocycles. The molecule has 0 fully saturated rings. The van der Waals surface area contributed by atoms with Crippen molar-refractivity contribution in [2.45, 2.75) is 26.2 Å². The van der Waals surface area contributed by atoms with Gasteiger partial charge in [-0.15, -0.1) is 0 Å². The SMILES string of the molecule is CC(C)c1ccc(C(=O)Cc2cccc(O)c2)cc1. The second-order valence-corrected chi connectivity index (χ2v) is 5.05. The maximum absolute atomic E-state index is 12.1. The number of hydrogen-bond donors (Lipinski definition) is 1. The first-order valence-electron chi connectivity index (χ1n) is 6.47. The minimum absolute atomic E-state index is 0.0703. The van der Waals surface area contributed by atoms with E-state index in [1.165, 1.54) is 5.56 Å². The molecule has 0 aliphatic carbocycles. The van der Waals surface area contributed by atoms with E-state index in [1.807, 2.05) is 30.3 Å². The van der Waals surface area contributed by atoms with Gasteiger partial charge >= 0.3 is 0 Å². The Morgan fingerprint density at radius 3 is 2.37 bits per heavy atom. The van der Waals surface area contributed by atoms with Crippen LogP contribution in [0.25, 0.3) is 0 Å². The Morgan fingerprint density at radius 1 is 1.11 bits per heavy atom. The highest BCUT2D eigenvalue weighted by molar-refractivity contribution is 5.97. The monoisotopic (exact) mass is 254 g/mol. The fraction of sp³-hybridized carbons (Fsp3) is 0.235. The molecule has 0 saturated carbocycles. The zero-order valence-corrected chi connectivity index (χ0v) is 11.3. The Bertz CT molecular complexity index is 568. The average Bonchev–Trinajstić information content (AvgIpc) is 2.39. The van der Waals surface area contributed by atoms with Crippen LogP contribution >= 0.6 is 0 Å². The Hall–Kier alpha value is -2.09. The Labute approximate surface area is 113 Å². The van der Waals surface area contributed by atoms with E-state index < -0.39 is 0 Å². The average molecular weight is 254 g/mol. The molecule has 0 radical (unpaired) electrons. The third kappa shape index (κ3) is 3.44. The summed E-state index contributed by atoms with van der Waals surface area (Å²) in [6.07, 6.45) is 0.315. The maximum atomic E-state index is 12.1. The van der Waals surface area contributed by atoms with Gasteiger partial charge in [-0.25, -0.2) is 0 Å². The number of phenolic OH excluding ortho intramolecular Hbond substituents is 1. The lowest BCUT2D eigenvalue weighted by atomic mass is 9.98. The summed E-state index contributed by atoms with van der Waals surface area (Å²) in [7, 11) is 0. The summed E-state index contributed by atoms with van der Waals surface area (Å²) in [4.78, 5) is 12.1. The first-order valence-corrected chi connectivity index (χ1v) is 6.47. The molecule has 0 amide bonds. The van der Waals surface area contributed by atoms with Crippen LogP contribution in [0, 0.1) is 0 Å². The van der Waals surface area contributed by atoms with Gasteiger partial charge in [0.2, 0.25) is 0 Å². The van der Waals surface area contributed by atoms with E-state index in [0.29, 0.717) is 17.9 Å². The van der Waals surface area contributed by atoms with Crippen molar-refractivity contribution in [3.8, 4) is 5.75 Å². The molecular weight excluding hydrogens is 236 g/mol. The molecule has 0 saturated heterocycles. The van der Waals surface area contributed by atoms with Gasteiger partial charge in [-0.2, -0.15) is 0 Å². The van der Waals surface area contributed by atoms with Gasteiger partial charge in [0.05, 0.1) is 0 Å². The van der Waals surface area contributed by atoms with Crippen molar-refractivity contribution in [3.05, 3.63) is 65.2 Å². The molecule has 2 aromatic carbocycles. The number of hydrogen-bond acceptors (Lipinski definition) is 2. The van der Waals surface area contributed by atoms with Gasteiger partial charge in [-0.1, -0.05) is 50.2 Å². The van der Waals surface area contributed by atoms with Crippen LogP contribution in [-0.2, 0) is 6.42 Å². The fourth-order valence-corrected chi connectivity index (χ4v) is 2.01. The van der Waals surface area contributed by atoms with Crippen LogP contribution < -0.4 is 0 Å². The summed E-state index contributed by atoms with van der Waals surface area (Å²) < 4.78 is 0. The van der Waals surface area contributed by atoms with Gasteiger partial charge in [-0.05, 0) is 29.2 Å². The van der Waals surface area contributed by atoms with Crippen LogP contribution in [0.4, 0.5) is 0 Å². The highest BCUT2D eigenvalue weighted by Gasteiger charge is 2.08. The molecule has 1 N–H and O–H groups in total. The number of aromatic hydroxyl groups is 1. The zero-order chi connectivity index (χ0) is 13.8. The van der Waals surface area contributed by atoms with Crippen LogP contribution in [0.2, 0.25) is 0 Å². The normalized spacial score (nSPS) is 10.7. The van der Waals surface area contributed by atoms with Gasteiger partial charge < -0.3 is 5.11 Å². The number of benzene rings is 2. The lowest BCUT2D eigenvalue weighted by Crippen LogP contribution is -2.03. The number of rotatable bonds is 4. The summed E-state index contributed by atoms with van der Waals surface area (Å²) in [6.45, 7) is 4.26. The van der Waals surface area contributed by atoms with Crippen LogP contribution in [0.5, 0.6) is 5.75 Å². The standard InChI is InChI=1S/C17H18O2/c1-12(2)14-6-8-15(9-7-14)17(19)11-13-4-3-5-16(18)10-13/h3-10,12,18H,11H2,1-2H3. The van der Waals surface area contributed by atoms with E-state index in [0.717, 1.165) is 5.56 Å². The van der Waals surface area contributed by atoms with E-state index >= 15 is 0 Å². The van der Waals surface area contributed by atoms with Crippen molar-refractivity contribution in [3.63, 3.8) is 0 Å². The summed E-state index contributed by atoms with van der Waals surface area (Å²) in [6, 6.07) is 14.6. The van der Waals surface area contributed by atoms with E-state index in [1.54, 1.807) is 18.2 Å². The van der Waals surface area contributed by atoms with Crippen LogP contribution in [0.1, 0.15) is 41.3 Å². The second kappa shape index (κ2) is 5.70. The lowest BCUT2D eigenvalue weighted by Gasteiger charge is -2.06. The van der Waals surface area contributed by atoms with Crippen LogP contribution in [-0.4, -0.2) is 10.9 Å². The molecule has 2 nitrogen and oxygen atoms in total. The number of phenols is 1. The molecule has 2 rings (SSSR count). The van der Waals surface area contributed by atoms with Gasteiger partial charge in [-0.3, -0.25) is 4.79 Å². The number of Topliss-reactive ketones (excluding diaryl/α,β-unsaturated/α-hetero) is 1. The van der Waals surface area contributed by atoms with Gasteiger partial charge in [0, 0.05) is 12.0 Å². The summed E-state index contributed by atoms with van der Waals surface area (Å²) >= 11 is 0. The number of ketones is 1. The predicted molar refractivity (Wildman–Crippen MR) is 76.7 cm³/mol. The van der Waals surface area contributed by atoms with E-state index in [-0.39, 0.29) is 11.5 Å². The van der Waals surface area contributed by atoms with Crippen LogP contribution in [0.3, 0.4) is 0 Å². The number of carbonyl (C=O) groups excluding carboxylic acids is 1. The highest BCUT2D eigenvalue weighted by atomic mass is 16.3. The lowest BCUT2D eigenvalue weighted by molar-refractivity contribution is 0.0993. The number of carbonyl (C=O) groups is 1. The molecule has 98 valence electrons. The summed E-state index contributed by atoms with van der Waals surface area (Å²) in [5.41, 5.74) is 2.78. The van der Waals surface area contributed by atoms with Gasteiger partial charge in [0.25, 0.3) is 0 Å². The van der Waals surface area contributed by atoms with Crippen molar-refractivity contribution in [1.82, 2.24) is 0 Å². The molecule has 0 atom stereocenters. The van der Waals surface area contributed by atoms with Crippen LogP contribution in [0.15, 0.2) is 48.5 Å². The Balaban J connectivity index is 2.11. The van der Waals surface area contributed by atoms with Gasteiger partial charge in [0.1, 0.15) is 5.75 Å². The highest BCUT2D eigenvalue weighted by Crippen LogP contribution is 2.17. The molecule has 2 heteroatoms. The molecule has 0 heterocycles. The molecule has 0 spiro atoms. The van der Waals surface area contributed by atoms with Gasteiger partial charge in [0.15, 0.2) is 5.78 Å². The molecule has 0 aliphatic rings. The van der Waals surface area contributed by atoms with Crippen molar-refractivity contribution in [2.24, 2.45) is 0 Å². The van der Waals surface area contributed by atoms with Crippen molar-refractivity contribution in [1.29, 1.82) is 0 Å². The largest absolute Gasteiger partial charge is 0.508 e. The summed E-state index contributed by atoms with van der Waals surface area (Å²) in [5.74, 6) is 0.733. The first-order chi connectivity index (χ1) is 9.06. The Kier molecular flexibility index (Phi) is 4.00. The minimum Gasteiger partial charge on any atom is -0.508 e. The maximum Gasteiger partial charge on any atom is 0.167 e. The smallest absolute Gasteiger partial charge is 0.167 e. The Morgan fingerprint density at radius 2 is 1.79 bits per heavy atom. The quantitative estimate of drug-likeness (QED) is 0.839. The molecule has 19 heavy (non-hydrogen) atoms. The van der Waals surface area contributed by atoms with Crippen molar-refractivity contribution < 1.29 is 9.90 Å². The molecule has 0 bridgehead atoms. The topological polar surface area (TPSA) is 37.3 Å². The molecular formula is C17H18O2. The van der Waals surface area contributed by atoms with Crippen molar-refractivity contribution in [2.75, 3.05) is 0 Å². The van der Waals surface area contributed by atoms with E-state index in [2.05, 4.69) is 13.8 Å². The van der Waals surface area contributed by atoms with Crippen molar-refractivity contribution >= 4 is 5.78 Å². The van der Waals surface area contributed by atoms with E-state index in [4.69, 9.17) is 0 Å². The zero-order valence-electron chi connectivity index (χ0n) is 11.3. The first kappa shape index (κ1) is 13.3. The molecule has 2 aromatic rings. The molecule has 0 unspecified atom stereocenters. The predicted octanol–water partition coefficient (Wildman–Crippen LogP) is 3.94. The fourth-order valence-electron chi connectivity index (χ4n) is 2.01. The molecule has 0 aromatic heterocycles. The second-order valence-electron chi connectivity index (χ2n) is 5.05. The minimum atomic E-state index is 0.0703. The van der Waals surface area contributed by atoms with E-state index in [9.17, 15) is 9.90 Å². The third-order valence-electron chi connectivity index (χ3n) is 3.17. The third-order valence-corrected chi connectivity index (χ3v) is 3.17. The summed E-state index contributed by atoms with van der Waals surface area (Å²) in [5, 5.41) is 9.38.